The minimum atomic E-state index is -2.17. The van der Waals surface area contributed by atoms with Crippen LogP contribution in [-0.2, 0) is 78.6 Å². The second-order valence-electron chi connectivity index (χ2n) is 25.2. The Balaban J connectivity index is 1.27. The van der Waals surface area contributed by atoms with E-state index in [1.807, 2.05) is 97.9 Å². The van der Waals surface area contributed by atoms with Gasteiger partial charge in [-0.15, -0.1) is 0 Å². The SMILES string of the molecule is C=C(C)C(=O)OCCOC(=O)CCC(=O)OCC(C)(COC(=O)CCC(=O)OCCOCCCC(C)(CC)[Si](C)(C)OC(C)(C)[Si](C)(C)CCCC)C(=O)OCc1cc2c(OC)cc(OC)cc2c2c1C=CC(c1ccccc1)(c1ccc(N(C)C)cc1)O2. The largest absolute Gasteiger partial charge is 0.497 e. The number of hydrogen-bond acceptors (Lipinski definition) is 18. The Bertz CT molecular complexity index is 3100. The zero-order chi connectivity index (χ0) is 65.8. The van der Waals surface area contributed by atoms with Gasteiger partial charge in [0.1, 0.15) is 62.3 Å². The summed E-state index contributed by atoms with van der Waals surface area (Å²) in [5.74, 6) is -3.20. The van der Waals surface area contributed by atoms with E-state index in [9.17, 15) is 28.8 Å². The van der Waals surface area contributed by atoms with Gasteiger partial charge in [-0.05, 0) is 89.0 Å². The van der Waals surface area contributed by atoms with Crippen molar-refractivity contribution in [2.45, 2.75) is 161 Å². The van der Waals surface area contributed by atoms with E-state index in [-0.39, 0.29) is 68.1 Å². The van der Waals surface area contributed by atoms with Crippen molar-refractivity contribution in [2.75, 3.05) is 79.5 Å². The Hall–Kier alpha value is -7.01. The molecule has 0 radical (unpaired) electrons. The molecule has 0 bridgehead atoms. The second-order valence-corrected chi connectivity index (χ2v) is 35.1. The van der Waals surface area contributed by atoms with Gasteiger partial charge in [-0.1, -0.05) is 114 Å². The van der Waals surface area contributed by atoms with Gasteiger partial charge in [-0.3, -0.25) is 24.0 Å². The number of fused-ring (bicyclic) bond motifs is 3. The van der Waals surface area contributed by atoms with Crippen LogP contribution in [0.5, 0.6) is 17.2 Å². The van der Waals surface area contributed by atoms with Crippen LogP contribution in [0, 0.1) is 5.41 Å². The first kappa shape index (κ1) is 72.7. The molecule has 0 saturated heterocycles. The van der Waals surface area contributed by atoms with E-state index in [4.69, 9.17) is 51.8 Å². The molecule has 3 atom stereocenters. The summed E-state index contributed by atoms with van der Waals surface area (Å²) in [7, 11) is 3.22. The van der Waals surface area contributed by atoms with Crippen molar-refractivity contribution >= 4 is 74.7 Å². The molecule has 1 aliphatic rings. The number of carbonyl (C=O) groups is 6. The zero-order valence-corrected chi connectivity index (χ0v) is 57.4. The molecule has 20 heteroatoms. The summed E-state index contributed by atoms with van der Waals surface area (Å²) in [4.78, 5) is 80.1. The molecular weight excluding hydrogens is 1170 g/mol. The molecule has 0 aromatic heterocycles. The summed E-state index contributed by atoms with van der Waals surface area (Å²) in [6.45, 7) is 26.0. The summed E-state index contributed by atoms with van der Waals surface area (Å²) < 4.78 is 64.7. The number of benzene rings is 4. The van der Waals surface area contributed by atoms with E-state index in [0.717, 1.165) is 36.1 Å². The Morgan fingerprint density at radius 1 is 0.663 bits per heavy atom. The maximum Gasteiger partial charge on any atom is 0.333 e. The molecule has 18 nitrogen and oxygen atoms in total. The predicted octanol–water partition coefficient (Wildman–Crippen LogP) is 13.2. The fourth-order valence-electron chi connectivity index (χ4n) is 10.4. The van der Waals surface area contributed by atoms with Crippen molar-refractivity contribution in [1.82, 2.24) is 0 Å². The molecule has 0 amide bonds. The minimum absolute atomic E-state index is 0.00609. The van der Waals surface area contributed by atoms with Crippen LogP contribution in [-0.4, -0.2) is 132 Å². The van der Waals surface area contributed by atoms with Gasteiger partial charge in [-0.25, -0.2) is 4.79 Å². The fourth-order valence-corrected chi connectivity index (χ4v) is 17.3. The van der Waals surface area contributed by atoms with Crippen LogP contribution >= 0.6 is 0 Å². The Labute approximate surface area is 529 Å². The van der Waals surface area contributed by atoms with Gasteiger partial charge in [0, 0.05) is 76.3 Å². The predicted molar refractivity (Wildman–Crippen MR) is 349 cm³/mol. The molecule has 0 saturated carbocycles. The van der Waals surface area contributed by atoms with Gasteiger partial charge in [0.05, 0.1) is 54.6 Å². The lowest BCUT2D eigenvalue weighted by Crippen LogP contribution is -2.59. The van der Waals surface area contributed by atoms with E-state index in [0.29, 0.717) is 45.8 Å². The lowest BCUT2D eigenvalue weighted by Gasteiger charge is -2.51. The molecule has 0 spiro atoms. The lowest BCUT2D eigenvalue weighted by molar-refractivity contribution is -0.172. The van der Waals surface area contributed by atoms with Crippen molar-refractivity contribution in [1.29, 1.82) is 0 Å². The molecule has 89 heavy (non-hydrogen) atoms. The number of carbonyl (C=O) groups excluding carboxylic acids is 6. The summed E-state index contributed by atoms with van der Waals surface area (Å²) in [6, 6.07) is 24.6. The van der Waals surface area contributed by atoms with E-state index in [2.05, 4.69) is 67.4 Å². The summed E-state index contributed by atoms with van der Waals surface area (Å²) in [6.07, 6.45) is 7.57. The number of esters is 6. The van der Waals surface area contributed by atoms with E-state index >= 15 is 0 Å². The number of unbranched alkanes of at least 4 members (excludes halogenated alkanes) is 1. The maximum atomic E-state index is 14.5. The molecule has 4 aromatic carbocycles. The van der Waals surface area contributed by atoms with Gasteiger partial charge in [0.25, 0.3) is 0 Å². The van der Waals surface area contributed by atoms with Crippen molar-refractivity contribution < 1.29 is 80.6 Å². The van der Waals surface area contributed by atoms with Crippen molar-refractivity contribution in [2.24, 2.45) is 5.41 Å². The van der Waals surface area contributed by atoms with Crippen molar-refractivity contribution in [3.63, 3.8) is 0 Å². The third kappa shape index (κ3) is 19.5. The molecule has 1 heterocycles. The highest BCUT2D eigenvalue weighted by Gasteiger charge is 2.50. The van der Waals surface area contributed by atoms with Crippen molar-refractivity contribution in [3.8, 4) is 17.2 Å². The standard InChI is InChI=1S/C69H97NO17Si2/c1-17-19-42-88(13,14)66(5,6)87-89(15,16)68(8,18-2)35-23-37-79-38-39-80-59(71)30-32-61(73)84-47-67(7,48-85-62(74)33-31-60(72)81-40-41-82-64(75)49(3)4)65(76)83-46-50-43-56-57(44-54(77-11)45-58(56)78-12)63-55(50)34-36-69(86-63,51-24-21-20-22-25-51)52-26-28-53(29-27-52)70(9)10/h20-22,24-29,34,36,43-45H,3,17-19,23,30-33,35,37-42,46-48H2,1-2,4-16H3. The Morgan fingerprint density at radius 2 is 1.24 bits per heavy atom. The third-order valence-corrected chi connectivity index (χ3v) is 27.2. The third-order valence-electron chi connectivity index (χ3n) is 17.5. The van der Waals surface area contributed by atoms with Crippen LogP contribution in [0.1, 0.15) is 129 Å². The van der Waals surface area contributed by atoms with Crippen molar-refractivity contribution in [3.05, 3.63) is 113 Å². The quantitative estimate of drug-likeness (QED) is 0.0135. The highest BCUT2D eigenvalue weighted by Crippen LogP contribution is 2.51. The first-order chi connectivity index (χ1) is 42.0. The molecule has 0 N–H and O–H groups in total. The van der Waals surface area contributed by atoms with E-state index in [1.165, 1.54) is 39.8 Å². The highest BCUT2D eigenvalue weighted by atomic mass is 28.4. The Morgan fingerprint density at radius 3 is 1.79 bits per heavy atom. The molecule has 0 aliphatic carbocycles. The monoisotopic (exact) mass is 1270 g/mol. The normalized spacial score (nSPS) is 15.3. The van der Waals surface area contributed by atoms with Crippen LogP contribution < -0.4 is 19.1 Å². The van der Waals surface area contributed by atoms with Gasteiger partial charge in [0.15, 0.2) is 13.9 Å². The average Bonchev–Trinajstić information content (AvgIpc) is 0.893. The molecule has 0 fully saturated rings. The summed E-state index contributed by atoms with van der Waals surface area (Å²) in [5.41, 5.74) is 1.07. The topological polar surface area (TPSA) is 207 Å². The minimum Gasteiger partial charge on any atom is -0.497 e. The summed E-state index contributed by atoms with van der Waals surface area (Å²) >= 11 is 0. The van der Waals surface area contributed by atoms with Crippen LogP contribution in [0.4, 0.5) is 5.69 Å². The average molecular weight is 1270 g/mol. The Kier molecular flexibility index (Phi) is 26.7. The summed E-state index contributed by atoms with van der Waals surface area (Å²) in [5, 5.41) is 1.18. The maximum absolute atomic E-state index is 14.5. The van der Waals surface area contributed by atoms with Gasteiger partial charge in [0.2, 0.25) is 0 Å². The highest BCUT2D eigenvalue weighted by molar-refractivity contribution is 6.82. The van der Waals surface area contributed by atoms with Crippen LogP contribution in [0.25, 0.3) is 16.8 Å². The first-order valence-electron chi connectivity index (χ1n) is 30.8. The molecular formula is C69H97NO17Si2. The zero-order valence-electron chi connectivity index (χ0n) is 55.4. The number of ether oxygens (including phenoxy) is 10. The molecule has 3 unspecified atom stereocenters. The number of methoxy groups -OCH3 is 2. The van der Waals surface area contributed by atoms with Gasteiger partial charge >= 0.3 is 35.8 Å². The van der Waals surface area contributed by atoms with E-state index in [1.54, 1.807) is 13.2 Å². The van der Waals surface area contributed by atoms with Gasteiger partial charge < -0.3 is 56.7 Å². The molecule has 5 rings (SSSR count). The van der Waals surface area contributed by atoms with Crippen LogP contribution in [0.15, 0.2) is 91.0 Å². The number of anilines is 1. The molecule has 1 aliphatic heterocycles. The van der Waals surface area contributed by atoms with Gasteiger partial charge in [-0.2, -0.15) is 0 Å². The molecule has 4 aromatic rings. The first-order valence-corrected chi connectivity index (χ1v) is 37.0. The second kappa shape index (κ2) is 32.6. The number of hydrogen-bond donors (Lipinski definition) is 0. The number of rotatable bonds is 37. The fraction of sp³-hybridized carbons (Fsp3) is 0.536. The van der Waals surface area contributed by atoms with Crippen LogP contribution in [0.2, 0.25) is 37.3 Å². The lowest BCUT2D eigenvalue weighted by atomic mass is 9.82. The van der Waals surface area contributed by atoms with Crippen LogP contribution in [0.3, 0.4) is 0 Å². The smallest absolute Gasteiger partial charge is 0.333 e. The molecule has 488 valence electrons. The number of nitrogens with zero attached hydrogens (tertiary/aromatic N) is 1. The van der Waals surface area contributed by atoms with E-state index < -0.39 is 82.9 Å².